The van der Waals surface area contributed by atoms with Gasteiger partial charge in [0.2, 0.25) is 0 Å². The standard InChI is InChI=1S/C15H21N3O3/c1-10-6-3-4-7-12(10)16-15(19)17-13-8-5-9-14(11(13)2)18(20)21/h5,8-10,12H,3-4,6-7H2,1-2H3,(H2,16,17,19)/t10-,12+/m0/s1. The van der Waals surface area contributed by atoms with Crippen molar-refractivity contribution in [1.29, 1.82) is 0 Å². The van der Waals surface area contributed by atoms with E-state index in [2.05, 4.69) is 17.6 Å². The van der Waals surface area contributed by atoms with Crippen LogP contribution in [0.3, 0.4) is 0 Å². The lowest BCUT2D eigenvalue weighted by atomic mass is 9.86. The molecule has 1 fully saturated rings. The van der Waals surface area contributed by atoms with Crippen molar-refractivity contribution in [3.8, 4) is 0 Å². The molecule has 0 heterocycles. The number of hydrogen-bond donors (Lipinski definition) is 2. The molecule has 1 saturated carbocycles. The van der Waals surface area contributed by atoms with Crippen molar-refractivity contribution < 1.29 is 9.72 Å². The van der Waals surface area contributed by atoms with E-state index in [1.165, 1.54) is 12.5 Å². The summed E-state index contributed by atoms with van der Waals surface area (Å²) in [6.07, 6.45) is 4.46. The summed E-state index contributed by atoms with van der Waals surface area (Å²) >= 11 is 0. The van der Waals surface area contributed by atoms with E-state index in [1.54, 1.807) is 19.1 Å². The summed E-state index contributed by atoms with van der Waals surface area (Å²) in [5.74, 6) is 0.468. The van der Waals surface area contributed by atoms with Crippen molar-refractivity contribution in [1.82, 2.24) is 5.32 Å². The van der Waals surface area contributed by atoms with E-state index in [9.17, 15) is 14.9 Å². The zero-order valence-electron chi connectivity index (χ0n) is 12.4. The number of anilines is 1. The number of nitrogens with zero attached hydrogens (tertiary/aromatic N) is 1. The van der Waals surface area contributed by atoms with Crippen molar-refractivity contribution in [3.63, 3.8) is 0 Å². The average molecular weight is 291 g/mol. The second-order valence-corrected chi connectivity index (χ2v) is 5.67. The van der Waals surface area contributed by atoms with E-state index in [1.807, 2.05) is 0 Å². The van der Waals surface area contributed by atoms with Crippen LogP contribution in [-0.4, -0.2) is 17.0 Å². The van der Waals surface area contributed by atoms with E-state index in [-0.39, 0.29) is 17.8 Å². The third kappa shape index (κ3) is 3.71. The van der Waals surface area contributed by atoms with Gasteiger partial charge in [0.25, 0.3) is 5.69 Å². The lowest BCUT2D eigenvalue weighted by Crippen LogP contribution is -2.43. The molecule has 1 aliphatic carbocycles. The maximum absolute atomic E-state index is 12.1. The molecule has 0 bridgehead atoms. The van der Waals surface area contributed by atoms with Gasteiger partial charge in [0.05, 0.1) is 16.2 Å². The molecule has 6 heteroatoms. The first-order valence-corrected chi connectivity index (χ1v) is 7.30. The van der Waals surface area contributed by atoms with Crippen LogP contribution in [0, 0.1) is 23.0 Å². The SMILES string of the molecule is Cc1c(NC(=O)N[C@@H]2CCCC[C@@H]2C)cccc1[N+](=O)[O-]. The predicted molar refractivity (Wildman–Crippen MR) is 81.4 cm³/mol. The zero-order chi connectivity index (χ0) is 15.4. The van der Waals surface area contributed by atoms with Crippen LogP contribution < -0.4 is 10.6 Å². The van der Waals surface area contributed by atoms with Crippen LogP contribution >= 0.6 is 0 Å². The average Bonchev–Trinajstić information content (AvgIpc) is 2.43. The molecule has 2 rings (SSSR count). The van der Waals surface area contributed by atoms with Crippen LogP contribution in [0.4, 0.5) is 16.2 Å². The number of carbonyl (C=O) groups excluding carboxylic acids is 1. The molecule has 0 aliphatic heterocycles. The van der Waals surface area contributed by atoms with Crippen LogP contribution in [0.2, 0.25) is 0 Å². The van der Waals surface area contributed by atoms with Crippen LogP contribution in [0.1, 0.15) is 38.2 Å². The summed E-state index contributed by atoms with van der Waals surface area (Å²) in [6, 6.07) is 4.56. The van der Waals surface area contributed by atoms with E-state index < -0.39 is 4.92 Å². The molecule has 0 unspecified atom stereocenters. The maximum atomic E-state index is 12.1. The smallest absolute Gasteiger partial charge is 0.319 e. The first-order chi connectivity index (χ1) is 9.99. The summed E-state index contributed by atoms with van der Waals surface area (Å²) < 4.78 is 0. The molecule has 2 atom stereocenters. The number of nitrogens with one attached hydrogen (secondary N) is 2. The topological polar surface area (TPSA) is 84.3 Å². The normalized spacial score (nSPS) is 21.6. The number of urea groups is 1. The molecule has 1 aromatic rings. The third-order valence-corrected chi connectivity index (χ3v) is 4.18. The Kier molecular flexibility index (Phi) is 4.77. The third-order valence-electron chi connectivity index (χ3n) is 4.18. The van der Waals surface area contributed by atoms with Gasteiger partial charge in [-0.25, -0.2) is 4.79 Å². The van der Waals surface area contributed by atoms with Crippen LogP contribution in [0.15, 0.2) is 18.2 Å². The Balaban J connectivity index is 2.02. The Hall–Kier alpha value is -2.11. The fourth-order valence-corrected chi connectivity index (χ4v) is 2.81. The van der Waals surface area contributed by atoms with Crippen LogP contribution in [-0.2, 0) is 0 Å². The second-order valence-electron chi connectivity index (χ2n) is 5.67. The summed E-state index contributed by atoms with van der Waals surface area (Å²) in [6.45, 7) is 3.78. The van der Waals surface area contributed by atoms with Gasteiger partial charge >= 0.3 is 6.03 Å². The monoisotopic (exact) mass is 291 g/mol. The van der Waals surface area contributed by atoms with Gasteiger partial charge in [0.1, 0.15) is 0 Å². The predicted octanol–water partition coefficient (Wildman–Crippen LogP) is 3.60. The Morgan fingerprint density at radius 3 is 2.71 bits per heavy atom. The molecule has 1 aliphatic rings. The maximum Gasteiger partial charge on any atom is 0.319 e. The van der Waals surface area contributed by atoms with Crippen molar-refractivity contribution in [2.75, 3.05) is 5.32 Å². The van der Waals surface area contributed by atoms with Crippen molar-refractivity contribution >= 4 is 17.4 Å². The molecule has 6 nitrogen and oxygen atoms in total. The minimum atomic E-state index is -0.443. The minimum Gasteiger partial charge on any atom is -0.335 e. The second kappa shape index (κ2) is 6.56. The molecular formula is C15H21N3O3. The highest BCUT2D eigenvalue weighted by atomic mass is 16.6. The first kappa shape index (κ1) is 15.3. The number of benzene rings is 1. The van der Waals surface area contributed by atoms with Gasteiger partial charge in [-0.2, -0.15) is 0 Å². The highest BCUT2D eigenvalue weighted by Crippen LogP contribution is 2.26. The summed E-state index contributed by atoms with van der Waals surface area (Å²) in [5, 5.41) is 16.6. The lowest BCUT2D eigenvalue weighted by molar-refractivity contribution is -0.385. The number of nitro benzene ring substituents is 1. The molecule has 0 radical (unpaired) electrons. The summed E-state index contributed by atoms with van der Waals surface area (Å²) in [7, 11) is 0. The van der Waals surface area contributed by atoms with Crippen LogP contribution in [0.5, 0.6) is 0 Å². The van der Waals surface area contributed by atoms with Crippen molar-refractivity contribution in [2.45, 2.75) is 45.6 Å². The lowest BCUT2D eigenvalue weighted by Gasteiger charge is -2.29. The quantitative estimate of drug-likeness (QED) is 0.659. The van der Waals surface area contributed by atoms with Gasteiger partial charge in [0, 0.05) is 12.1 Å². The molecule has 1 aromatic carbocycles. The molecule has 0 saturated heterocycles. The molecule has 0 aromatic heterocycles. The molecule has 2 amide bonds. The molecule has 21 heavy (non-hydrogen) atoms. The zero-order valence-corrected chi connectivity index (χ0v) is 12.4. The van der Waals surface area contributed by atoms with Crippen molar-refractivity contribution in [3.05, 3.63) is 33.9 Å². The minimum absolute atomic E-state index is 0.0128. The van der Waals surface area contributed by atoms with Gasteiger partial charge < -0.3 is 10.6 Å². The number of hydrogen-bond acceptors (Lipinski definition) is 3. The fourth-order valence-electron chi connectivity index (χ4n) is 2.81. The Morgan fingerprint density at radius 2 is 2.05 bits per heavy atom. The summed E-state index contributed by atoms with van der Waals surface area (Å²) in [4.78, 5) is 22.5. The van der Waals surface area contributed by atoms with Gasteiger partial charge in [-0.1, -0.05) is 25.8 Å². The highest BCUT2D eigenvalue weighted by Gasteiger charge is 2.23. The van der Waals surface area contributed by atoms with E-state index >= 15 is 0 Å². The molecule has 114 valence electrons. The van der Waals surface area contributed by atoms with Gasteiger partial charge in [-0.15, -0.1) is 0 Å². The van der Waals surface area contributed by atoms with Gasteiger partial charge in [0.15, 0.2) is 0 Å². The Labute approximate surface area is 124 Å². The Morgan fingerprint density at radius 1 is 1.33 bits per heavy atom. The largest absolute Gasteiger partial charge is 0.335 e. The van der Waals surface area contributed by atoms with E-state index in [4.69, 9.17) is 0 Å². The number of amides is 2. The van der Waals surface area contributed by atoms with Gasteiger partial charge in [-0.3, -0.25) is 10.1 Å². The fraction of sp³-hybridized carbons (Fsp3) is 0.533. The number of nitro groups is 1. The Bertz CT molecular complexity index is 545. The van der Waals surface area contributed by atoms with Crippen LogP contribution in [0.25, 0.3) is 0 Å². The van der Waals surface area contributed by atoms with Crippen molar-refractivity contribution in [2.24, 2.45) is 5.92 Å². The first-order valence-electron chi connectivity index (χ1n) is 7.30. The van der Waals surface area contributed by atoms with E-state index in [0.717, 1.165) is 19.3 Å². The molecular weight excluding hydrogens is 270 g/mol. The number of rotatable bonds is 3. The number of carbonyl (C=O) groups is 1. The molecule has 2 N–H and O–H groups in total. The van der Waals surface area contributed by atoms with E-state index in [0.29, 0.717) is 17.2 Å². The molecule has 0 spiro atoms. The summed E-state index contributed by atoms with van der Waals surface area (Å²) in [5.41, 5.74) is 0.957. The van der Waals surface area contributed by atoms with Gasteiger partial charge in [-0.05, 0) is 31.7 Å². The highest BCUT2D eigenvalue weighted by molar-refractivity contribution is 5.90.